The Bertz CT molecular complexity index is 334. The third-order valence-corrected chi connectivity index (χ3v) is 3.02. The number of methoxy groups -OCH3 is 1. The largest absolute Gasteiger partial charge is 0.392 e. The standard InChI is InChI=1S/C14H22O2/c1-10-5-6-11(2)13(7-10)8-14(15)12(3)9-16-4/h5-7,12,14-15H,8-9H2,1-4H3. The van der Waals surface area contributed by atoms with Gasteiger partial charge in [0.15, 0.2) is 0 Å². The van der Waals surface area contributed by atoms with Crippen LogP contribution in [0.4, 0.5) is 0 Å². The molecule has 0 heterocycles. The van der Waals surface area contributed by atoms with Gasteiger partial charge in [-0.3, -0.25) is 0 Å². The average molecular weight is 222 g/mol. The molecule has 2 nitrogen and oxygen atoms in total. The summed E-state index contributed by atoms with van der Waals surface area (Å²) in [5.74, 6) is 0.171. The van der Waals surface area contributed by atoms with E-state index in [-0.39, 0.29) is 12.0 Å². The van der Waals surface area contributed by atoms with Crippen LogP contribution >= 0.6 is 0 Å². The van der Waals surface area contributed by atoms with Gasteiger partial charge in [-0.25, -0.2) is 0 Å². The molecule has 0 spiro atoms. The molecule has 0 radical (unpaired) electrons. The van der Waals surface area contributed by atoms with Crippen molar-refractivity contribution in [2.24, 2.45) is 5.92 Å². The number of hydrogen-bond donors (Lipinski definition) is 1. The van der Waals surface area contributed by atoms with Gasteiger partial charge in [0.2, 0.25) is 0 Å². The summed E-state index contributed by atoms with van der Waals surface area (Å²) in [4.78, 5) is 0. The fraction of sp³-hybridized carbons (Fsp3) is 0.571. The Labute approximate surface area is 98.3 Å². The van der Waals surface area contributed by atoms with Crippen molar-refractivity contribution >= 4 is 0 Å². The first-order valence-electron chi connectivity index (χ1n) is 5.77. The summed E-state index contributed by atoms with van der Waals surface area (Å²) in [5.41, 5.74) is 3.72. The summed E-state index contributed by atoms with van der Waals surface area (Å²) in [6, 6.07) is 6.36. The number of aliphatic hydroxyl groups excluding tert-OH is 1. The maximum Gasteiger partial charge on any atom is 0.0628 e. The molecule has 0 amide bonds. The number of benzene rings is 1. The highest BCUT2D eigenvalue weighted by Crippen LogP contribution is 2.16. The molecular formula is C14H22O2. The third kappa shape index (κ3) is 3.62. The SMILES string of the molecule is COCC(C)C(O)Cc1cc(C)ccc1C. The van der Waals surface area contributed by atoms with Crippen LogP contribution in [0.25, 0.3) is 0 Å². The minimum absolute atomic E-state index is 0.171. The molecule has 0 fully saturated rings. The van der Waals surface area contributed by atoms with Crippen LogP contribution in [-0.4, -0.2) is 24.9 Å². The van der Waals surface area contributed by atoms with Crippen molar-refractivity contribution in [3.8, 4) is 0 Å². The van der Waals surface area contributed by atoms with Gasteiger partial charge >= 0.3 is 0 Å². The first kappa shape index (κ1) is 13.2. The molecule has 0 saturated heterocycles. The molecule has 16 heavy (non-hydrogen) atoms. The molecule has 0 aliphatic carbocycles. The van der Waals surface area contributed by atoms with Crippen molar-refractivity contribution in [3.05, 3.63) is 34.9 Å². The summed E-state index contributed by atoms with van der Waals surface area (Å²) in [7, 11) is 1.67. The Morgan fingerprint density at radius 3 is 2.62 bits per heavy atom. The van der Waals surface area contributed by atoms with Crippen molar-refractivity contribution in [2.45, 2.75) is 33.3 Å². The topological polar surface area (TPSA) is 29.5 Å². The van der Waals surface area contributed by atoms with E-state index in [1.54, 1.807) is 7.11 Å². The highest BCUT2D eigenvalue weighted by molar-refractivity contribution is 5.30. The Kier molecular flexibility index (Phi) is 4.97. The zero-order chi connectivity index (χ0) is 12.1. The van der Waals surface area contributed by atoms with Crippen molar-refractivity contribution < 1.29 is 9.84 Å². The van der Waals surface area contributed by atoms with Gasteiger partial charge in [0.05, 0.1) is 12.7 Å². The van der Waals surface area contributed by atoms with E-state index < -0.39 is 0 Å². The first-order chi connectivity index (χ1) is 7.54. The van der Waals surface area contributed by atoms with Crippen LogP contribution in [0.3, 0.4) is 0 Å². The molecule has 0 aliphatic rings. The summed E-state index contributed by atoms with van der Waals surface area (Å²) >= 11 is 0. The summed E-state index contributed by atoms with van der Waals surface area (Å²) in [6.07, 6.45) is 0.373. The summed E-state index contributed by atoms with van der Waals surface area (Å²) < 4.78 is 5.06. The lowest BCUT2D eigenvalue weighted by molar-refractivity contribution is 0.0574. The number of aryl methyl sites for hydroxylation is 2. The fourth-order valence-electron chi connectivity index (χ4n) is 1.82. The summed E-state index contributed by atoms with van der Waals surface area (Å²) in [5, 5.41) is 10.0. The molecule has 1 rings (SSSR count). The van der Waals surface area contributed by atoms with Crippen LogP contribution < -0.4 is 0 Å². The molecule has 0 bridgehead atoms. The Morgan fingerprint density at radius 2 is 2.00 bits per heavy atom. The summed E-state index contributed by atoms with van der Waals surface area (Å²) in [6.45, 7) is 6.78. The zero-order valence-corrected chi connectivity index (χ0v) is 10.7. The molecule has 0 aliphatic heterocycles. The molecule has 1 aromatic rings. The van der Waals surface area contributed by atoms with E-state index in [2.05, 4.69) is 32.0 Å². The van der Waals surface area contributed by atoms with Gasteiger partial charge in [0, 0.05) is 13.0 Å². The lowest BCUT2D eigenvalue weighted by atomic mass is 9.94. The number of ether oxygens (including phenoxy) is 1. The van der Waals surface area contributed by atoms with Gasteiger partial charge in [-0.15, -0.1) is 0 Å². The van der Waals surface area contributed by atoms with Crippen LogP contribution in [0.2, 0.25) is 0 Å². The molecular weight excluding hydrogens is 200 g/mol. The van der Waals surface area contributed by atoms with Crippen LogP contribution in [0.15, 0.2) is 18.2 Å². The second kappa shape index (κ2) is 6.02. The van der Waals surface area contributed by atoms with Crippen LogP contribution in [0.5, 0.6) is 0 Å². The Hall–Kier alpha value is -0.860. The quantitative estimate of drug-likeness (QED) is 0.829. The lowest BCUT2D eigenvalue weighted by Gasteiger charge is -2.19. The molecule has 2 unspecified atom stereocenters. The van der Waals surface area contributed by atoms with Gasteiger partial charge in [-0.05, 0) is 31.4 Å². The van der Waals surface area contributed by atoms with Crippen LogP contribution in [0.1, 0.15) is 23.6 Å². The van der Waals surface area contributed by atoms with Crippen molar-refractivity contribution in [3.63, 3.8) is 0 Å². The van der Waals surface area contributed by atoms with Crippen molar-refractivity contribution in [2.75, 3.05) is 13.7 Å². The zero-order valence-electron chi connectivity index (χ0n) is 10.7. The molecule has 1 aromatic carbocycles. The second-order valence-electron chi connectivity index (χ2n) is 4.63. The minimum Gasteiger partial charge on any atom is -0.392 e. The predicted molar refractivity (Wildman–Crippen MR) is 66.7 cm³/mol. The number of rotatable bonds is 5. The van der Waals surface area contributed by atoms with Crippen molar-refractivity contribution in [1.29, 1.82) is 0 Å². The van der Waals surface area contributed by atoms with Crippen molar-refractivity contribution in [1.82, 2.24) is 0 Å². The Balaban J connectivity index is 2.68. The molecule has 1 N–H and O–H groups in total. The molecule has 0 aromatic heterocycles. The second-order valence-corrected chi connectivity index (χ2v) is 4.63. The normalized spacial score (nSPS) is 14.8. The highest BCUT2D eigenvalue weighted by atomic mass is 16.5. The Morgan fingerprint density at radius 1 is 1.31 bits per heavy atom. The average Bonchev–Trinajstić information content (AvgIpc) is 2.23. The smallest absolute Gasteiger partial charge is 0.0628 e. The van der Waals surface area contributed by atoms with Gasteiger partial charge in [0.1, 0.15) is 0 Å². The predicted octanol–water partition coefficient (Wildman–Crippen LogP) is 2.49. The molecule has 2 atom stereocenters. The highest BCUT2D eigenvalue weighted by Gasteiger charge is 2.15. The fourth-order valence-corrected chi connectivity index (χ4v) is 1.82. The lowest BCUT2D eigenvalue weighted by Crippen LogP contribution is -2.24. The van der Waals surface area contributed by atoms with E-state index in [0.29, 0.717) is 13.0 Å². The maximum absolute atomic E-state index is 10.0. The van der Waals surface area contributed by atoms with Gasteiger partial charge in [0.25, 0.3) is 0 Å². The third-order valence-electron chi connectivity index (χ3n) is 3.02. The monoisotopic (exact) mass is 222 g/mol. The van der Waals surface area contributed by atoms with Gasteiger partial charge < -0.3 is 9.84 Å². The van der Waals surface area contributed by atoms with E-state index in [1.807, 2.05) is 6.92 Å². The minimum atomic E-state index is -0.333. The maximum atomic E-state index is 10.0. The molecule has 2 heteroatoms. The molecule has 90 valence electrons. The molecule has 0 saturated carbocycles. The van der Waals surface area contributed by atoms with Gasteiger partial charge in [-0.2, -0.15) is 0 Å². The van der Waals surface area contributed by atoms with Crippen LogP contribution in [0, 0.1) is 19.8 Å². The van der Waals surface area contributed by atoms with E-state index >= 15 is 0 Å². The van der Waals surface area contributed by atoms with E-state index in [4.69, 9.17) is 4.74 Å². The van der Waals surface area contributed by atoms with E-state index in [1.165, 1.54) is 16.7 Å². The van der Waals surface area contributed by atoms with Crippen LogP contribution in [-0.2, 0) is 11.2 Å². The number of hydrogen-bond acceptors (Lipinski definition) is 2. The van der Waals surface area contributed by atoms with E-state index in [9.17, 15) is 5.11 Å². The van der Waals surface area contributed by atoms with E-state index in [0.717, 1.165) is 0 Å². The first-order valence-corrected chi connectivity index (χ1v) is 5.77. The number of aliphatic hydroxyl groups is 1. The van der Waals surface area contributed by atoms with Gasteiger partial charge in [-0.1, -0.05) is 30.7 Å².